The van der Waals surface area contributed by atoms with E-state index in [4.69, 9.17) is 14.9 Å². The minimum absolute atomic E-state index is 0.216. The summed E-state index contributed by atoms with van der Waals surface area (Å²) in [4.78, 5) is 22.5. The Labute approximate surface area is 117 Å². The standard InChI is InChI=1S/C7H13NO3.C7H6O2/c1-11-4-2-3-8-5-6(8)7(9)10;8-7(9)6-4-2-1-3-5-6/h6H,2-5H2,1H3,(H,9,10);1-5H,(H,8,9)/t6?,8-;/m0./s1. The van der Waals surface area contributed by atoms with E-state index < -0.39 is 11.9 Å². The summed E-state index contributed by atoms with van der Waals surface area (Å²) in [5.41, 5.74) is 0.331. The summed E-state index contributed by atoms with van der Waals surface area (Å²) < 4.78 is 4.84. The molecule has 0 aromatic heterocycles. The number of carbonyl (C=O) groups is 2. The summed E-state index contributed by atoms with van der Waals surface area (Å²) >= 11 is 0. The lowest BCUT2D eigenvalue weighted by Gasteiger charge is -1.99. The summed E-state index contributed by atoms with van der Waals surface area (Å²) in [5, 5.41) is 16.9. The summed E-state index contributed by atoms with van der Waals surface area (Å²) in [6.07, 6.45) is 0.917. The zero-order chi connectivity index (χ0) is 15.0. The molecule has 1 saturated heterocycles. The van der Waals surface area contributed by atoms with Gasteiger partial charge in [0.2, 0.25) is 0 Å². The third-order valence-electron chi connectivity index (χ3n) is 2.81. The second-order valence-electron chi connectivity index (χ2n) is 4.37. The third kappa shape index (κ3) is 5.81. The van der Waals surface area contributed by atoms with Crippen molar-refractivity contribution in [2.75, 3.05) is 26.8 Å². The fourth-order valence-corrected chi connectivity index (χ4v) is 1.65. The molecule has 1 aromatic rings. The van der Waals surface area contributed by atoms with E-state index in [9.17, 15) is 9.59 Å². The number of hydrogen-bond acceptors (Lipinski definition) is 4. The highest BCUT2D eigenvalue weighted by Crippen LogP contribution is 2.16. The molecule has 2 rings (SSSR count). The first kappa shape index (κ1) is 16.1. The Hall–Kier alpha value is -1.92. The van der Waals surface area contributed by atoms with Crippen molar-refractivity contribution in [2.24, 2.45) is 0 Å². The largest absolute Gasteiger partial charge is 0.480 e. The van der Waals surface area contributed by atoms with Gasteiger partial charge in [0.1, 0.15) is 6.04 Å². The lowest BCUT2D eigenvalue weighted by molar-refractivity contribution is -0.137. The Morgan fingerprint density at radius 2 is 1.95 bits per heavy atom. The van der Waals surface area contributed by atoms with Crippen LogP contribution in [0.25, 0.3) is 0 Å². The number of carboxylic acids is 2. The maximum Gasteiger partial charge on any atom is 0.335 e. The number of methoxy groups -OCH3 is 1. The molecule has 1 heterocycles. The fourth-order valence-electron chi connectivity index (χ4n) is 1.65. The van der Waals surface area contributed by atoms with Crippen molar-refractivity contribution in [3.63, 3.8) is 0 Å². The number of nitrogens with zero attached hydrogens (tertiary/aromatic N) is 1. The smallest absolute Gasteiger partial charge is 0.335 e. The van der Waals surface area contributed by atoms with E-state index in [1.807, 2.05) is 4.90 Å². The highest BCUT2D eigenvalue weighted by atomic mass is 16.5. The van der Waals surface area contributed by atoms with Crippen LogP contribution in [0.2, 0.25) is 0 Å². The van der Waals surface area contributed by atoms with Crippen LogP contribution in [0.4, 0.5) is 0 Å². The molecule has 6 heteroatoms. The predicted molar refractivity (Wildman–Crippen MR) is 72.9 cm³/mol. The number of hydrogen-bond donors (Lipinski definition) is 2. The minimum Gasteiger partial charge on any atom is -0.480 e. The number of ether oxygens (including phenoxy) is 1. The van der Waals surface area contributed by atoms with Crippen LogP contribution >= 0.6 is 0 Å². The van der Waals surface area contributed by atoms with Gasteiger partial charge in [-0.15, -0.1) is 0 Å². The van der Waals surface area contributed by atoms with Crippen LogP contribution in [-0.4, -0.2) is 59.9 Å². The number of rotatable bonds is 6. The molecule has 110 valence electrons. The molecule has 20 heavy (non-hydrogen) atoms. The van der Waals surface area contributed by atoms with Gasteiger partial charge in [0.25, 0.3) is 0 Å². The Bertz CT molecular complexity index is 434. The van der Waals surface area contributed by atoms with E-state index in [1.54, 1.807) is 37.4 Å². The summed E-state index contributed by atoms with van der Waals surface area (Å²) in [6.45, 7) is 2.26. The van der Waals surface area contributed by atoms with Gasteiger partial charge < -0.3 is 14.9 Å². The molecule has 1 aliphatic rings. The molecule has 1 fully saturated rings. The molecule has 0 saturated carbocycles. The maximum atomic E-state index is 10.3. The van der Waals surface area contributed by atoms with Crippen LogP contribution in [0.1, 0.15) is 16.8 Å². The minimum atomic E-state index is -0.879. The van der Waals surface area contributed by atoms with Gasteiger partial charge in [-0.05, 0) is 18.6 Å². The molecular formula is C14H19NO5. The van der Waals surface area contributed by atoms with Crippen LogP contribution in [0.5, 0.6) is 0 Å². The molecule has 0 radical (unpaired) electrons. The van der Waals surface area contributed by atoms with E-state index in [-0.39, 0.29) is 6.04 Å². The van der Waals surface area contributed by atoms with E-state index in [0.29, 0.717) is 18.7 Å². The highest BCUT2D eigenvalue weighted by Gasteiger charge is 2.39. The average Bonchev–Trinajstić information content (AvgIpc) is 3.21. The Kier molecular flexibility index (Phi) is 6.69. The monoisotopic (exact) mass is 281 g/mol. The van der Waals surface area contributed by atoms with Crippen molar-refractivity contribution >= 4 is 11.9 Å². The van der Waals surface area contributed by atoms with Gasteiger partial charge in [-0.3, -0.25) is 9.69 Å². The van der Waals surface area contributed by atoms with Gasteiger partial charge in [-0.2, -0.15) is 0 Å². The fraction of sp³-hybridized carbons (Fsp3) is 0.429. The van der Waals surface area contributed by atoms with E-state index in [0.717, 1.165) is 13.0 Å². The van der Waals surface area contributed by atoms with Crippen LogP contribution in [0.15, 0.2) is 30.3 Å². The van der Waals surface area contributed by atoms with Crippen LogP contribution in [0.3, 0.4) is 0 Å². The predicted octanol–water partition coefficient (Wildman–Crippen LogP) is 1.18. The van der Waals surface area contributed by atoms with Crippen LogP contribution in [0, 0.1) is 0 Å². The van der Waals surface area contributed by atoms with Gasteiger partial charge >= 0.3 is 11.9 Å². The number of benzene rings is 1. The van der Waals surface area contributed by atoms with Gasteiger partial charge in [-0.25, -0.2) is 4.79 Å². The normalized spacial score (nSPS) is 19.6. The first-order valence-corrected chi connectivity index (χ1v) is 6.30. The third-order valence-corrected chi connectivity index (χ3v) is 2.81. The summed E-state index contributed by atoms with van der Waals surface area (Å²) in [5.74, 6) is -1.59. The molecule has 1 unspecified atom stereocenters. The Morgan fingerprint density at radius 3 is 2.35 bits per heavy atom. The van der Waals surface area contributed by atoms with Crippen LogP contribution in [-0.2, 0) is 9.53 Å². The van der Waals surface area contributed by atoms with Gasteiger partial charge in [0, 0.05) is 26.8 Å². The Morgan fingerprint density at radius 1 is 1.30 bits per heavy atom. The van der Waals surface area contributed by atoms with Crippen molar-refractivity contribution in [3.8, 4) is 0 Å². The van der Waals surface area contributed by atoms with Crippen molar-refractivity contribution in [1.29, 1.82) is 0 Å². The van der Waals surface area contributed by atoms with E-state index >= 15 is 0 Å². The lowest BCUT2D eigenvalue weighted by Crippen LogP contribution is -2.13. The van der Waals surface area contributed by atoms with E-state index in [1.165, 1.54) is 0 Å². The van der Waals surface area contributed by atoms with Gasteiger partial charge in [0.15, 0.2) is 0 Å². The molecular weight excluding hydrogens is 262 g/mol. The van der Waals surface area contributed by atoms with Gasteiger partial charge in [0.05, 0.1) is 5.56 Å². The molecule has 1 aromatic carbocycles. The zero-order valence-electron chi connectivity index (χ0n) is 11.4. The topological polar surface area (TPSA) is 86.8 Å². The van der Waals surface area contributed by atoms with Crippen molar-refractivity contribution in [3.05, 3.63) is 35.9 Å². The van der Waals surface area contributed by atoms with Crippen molar-refractivity contribution < 1.29 is 24.5 Å². The second kappa shape index (κ2) is 8.29. The van der Waals surface area contributed by atoms with Crippen molar-refractivity contribution in [1.82, 2.24) is 4.90 Å². The molecule has 2 N–H and O–H groups in total. The van der Waals surface area contributed by atoms with Crippen LogP contribution < -0.4 is 0 Å². The lowest BCUT2D eigenvalue weighted by atomic mass is 10.2. The molecule has 0 spiro atoms. The average molecular weight is 281 g/mol. The first-order valence-electron chi connectivity index (χ1n) is 6.30. The number of aromatic carboxylic acids is 1. The quantitative estimate of drug-likeness (QED) is 0.601. The van der Waals surface area contributed by atoms with E-state index in [2.05, 4.69) is 0 Å². The summed E-state index contributed by atoms with van der Waals surface area (Å²) in [7, 11) is 1.65. The number of carboxylic acid groups (broad SMARTS) is 2. The maximum absolute atomic E-state index is 10.3. The zero-order valence-corrected chi connectivity index (χ0v) is 11.4. The van der Waals surface area contributed by atoms with Crippen molar-refractivity contribution in [2.45, 2.75) is 12.5 Å². The first-order chi connectivity index (χ1) is 9.56. The number of aliphatic carboxylic acids is 1. The molecule has 0 bridgehead atoms. The summed E-state index contributed by atoms with van der Waals surface area (Å²) in [6, 6.07) is 8.08. The van der Waals surface area contributed by atoms with Gasteiger partial charge in [-0.1, -0.05) is 18.2 Å². The molecule has 1 aliphatic heterocycles. The molecule has 0 aliphatic carbocycles. The Balaban J connectivity index is 0.000000204. The molecule has 6 nitrogen and oxygen atoms in total. The highest BCUT2D eigenvalue weighted by molar-refractivity contribution is 5.87. The molecule has 0 amide bonds. The SMILES string of the molecule is COCCC[N@@]1CC1C(=O)O.O=C(O)c1ccccc1. The second-order valence-corrected chi connectivity index (χ2v) is 4.37. The molecule has 2 atom stereocenters.